The van der Waals surface area contributed by atoms with Gasteiger partial charge in [-0.2, -0.15) is 0 Å². The van der Waals surface area contributed by atoms with Crippen molar-refractivity contribution in [3.63, 3.8) is 0 Å². The molecule has 0 heterocycles. The predicted molar refractivity (Wildman–Crippen MR) is 92.5 cm³/mol. The molecule has 0 bridgehead atoms. The number of benzene rings is 1. The molecule has 2 fully saturated rings. The molecule has 130 valence electrons. The quantitative estimate of drug-likeness (QED) is 0.802. The number of hydrogen-bond acceptors (Lipinski definition) is 3. The molecule has 1 amide bonds. The van der Waals surface area contributed by atoms with Crippen molar-refractivity contribution in [3.05, 3.63) is 41.5 Å². The molecule has 1 atom stereocenters. The van der Waals surface area contributed by atoms with Crippen molar-refractivity contribution in [1.82, 2.24) is 4.90 Å². The summed E-state index contributed by atoms with van der Waals surface area (Å²) in [7, 11) is -1.99. The first kappa shape index (κ1) is 17.2. The third-order valence-electron chi connectivity index (χ3n) is 4.99. The van der Waals surface area contributed by atoms with Gasteiger partial charge in [-0.1, -0.05) is 17.7 Å². The fourth-order valence-corrected chi connectivity index (χ4v) is 3.58. The van der Waals surface area contributed by atoms with Gasteiger partial charge in [-0.25, -0.2) is 13.6 Å². The summed E-state index contributed by atoms with van der Waals surface area (Å²) in [6.07, 6.45) is 6.61. The Balaban J connectivity index is 1.78. The number of primary sulfonamides is 1. The van der Waals surface area contributed by atoms with Gasteiger partial charge in [0.15, 0.2) is 0 Å². The number of rotatable bonds is 6. The number of carbonyl (C=O) groups excluding carboxylic acids is 1. The molecule has 0 radical (unpaired) electrons. The normalized spacial score (nSPS) is 18.8. The van der Waals surface area contributed by atoms with Crippen LogP contribution >= 0.6 is 0 Å². The summed E-state index contributed by atoms with van der Waals surface area (Å²) in [5.74, 6) is 1.20. The van der Waals surface area contributed by atoms with E-state index in [9.17, 15) is 13.2 Å². The van der Waals surface area contributed by atoms with Crippen molar-refractivity contribution < 1.29 is 13.2 Å². The van der Waals surface area contributed by atoms with Crippen molar-refractivity contribution in [2.45, 2.75) is 43.5 Å². The molecule has 0 unspecified atom stereocenters. The summed E-state index contributed by atoms with van der Waals surface area (Å²) in [5, 5.41) is 5.19. The number of likely N-dealkylation sites (N-methyl/N-ethyl adjacent to an activating group) is 1. The van der Waals surface area contributed by atoms with Crippen LogP contribution in [0.3, 0.4) is 0 Å². The van der Waals surface area contributed by atoms with E-state index in [4.69, 9.17) is 5.14 Å². The second kappa shape index (κ2) is 6.33. The molecular weight excluding hydrogens is 324 g/mol. The highest BCUT2D eigenvalue weighted by molar-refractivity contribution is 7.89. The molecule has 0 spiro atoms. The zero-order valence-electron chi connectivity index (χ0n) is 14.1. The zero-order chi connectivity index (χ0) is 17.5. The van der Waals surface area contributed by atoms with E-state index < -0.39 is 10.0 Å². The van der Waals surface area contributed by atoms with Gasteiger partial charge >= 0.3 is 0 Å². The SMILES string of the molecule is C[C@@H](c1cccc(S(N)(=O)=O)c1)N(C)C(=O)C=C(C1CC1)C1CC1. The average Bonchev–Trinajstić information content (AvgIpc) is 3.43. The Morgan fingerprint density at radius 1 is 1.25 bits per heavy atom. The second-order valence-electron chi connectivity index (χ2n) is 6.94. The van der Waals surface area contributed by atoms with Gasteiger partial charge in [-0.05, 0) is 62.1 Å². The summed E-state index contributed by atoms with van der Waals surface area (Å²) in [6.45, 7) is 1.89. The van der Waals surface area contributed by atoms with Crippen LogP contribution in [0.1, 0.15) is 44.2 Å². The number of carbonyl (C=O) groups is 1. The minimum absolute atomic E-state index is 0.0164. The van der Waals surface area contributed by atoms with E-state index in [2.05, 4.69) is 0 Å². The van der Waals surface area contributed by atoms with Gasteiger partial charge in [0.2, 0.25) is 15.9 Å². The highest BCUT2D eigenvalue weighted by Crippen LogP contribution is 2.48. The van der Waals surface area contributed by atoms with Gasteiger partial charge < -0.3 is 4.90 Å². The first-order valence-corrected chi connectivity index (χ1v) is 9.93. The lowest BCUT2D eigenvalue weighted by Crippen LogP contribution is -2.28. The third-order valence-corrected chi connectivity index (χ3v) is 5.90. The minimum Gasteiger partial charge on any atom is -0.335 e. The van der Waals surface area contributed by atoms with Crippen LogP contribution in [0, 0.1) is 11.8 Å². The predicted octanol–water partition coefficient (Wildman–Crippen LogP) is 2.60. The number of nitrogens with zero attached hydrogens (tertiary/aromatic N) is 1. The average molecular weight is 348 g/mol. The molecule has 24 heavy (non-hydrogen) atoms. The fourth-order valence-electron chi connectivity index (χ4n) is 3.01. The minimum atomic E-state index is -3.75. The number of nitrogens with two attached hydrogens (primary N) is 1. The van der Waals surface area contributed by atoms with Gasteiger partial charge in [-0.3, -0.25) is 4.79 Å². The van der Waals surface area contributed by atoms with E-state index in [1.54, 1.807) is 18.0 Å². The van der Waals surface area contributed by atoms with Gasteiger partial charge in [0.1, 0.15) is 0 Å². The van der Waals surface area contributed by atoms with Crippen LogP contribution < -0.4 is 5.14 Å². The second-order valence-corrected chi connectivity index (χ2v) is 8.50. The Hall–Kier alpha value is -1.66. The fraction of sp³-hybridized carbons (Fsp3) is 0.500. The molecule has 1 aromatic rings. The Morgan fingerprint density at radius 2 is 1.83 bits per heavy atom. The van der Waals surface area contributed by atoms with Gasteiger partial charge in [0, 0.05) is 13.1 Å². The van der Waals surface area contributed by atoms with E-state index in [0.717, 1.165) is 5.56 Å². The Labute approximate surface area is 143 Å². The van der Waals surface area contributed by atoms with E-state index in [0.29, 0.717) is 11.8 Å². The van der Waals surface area contributed by atoms with E-state index in [1.165, 1.54) is 43.4 Å². The first-order valence-electron chi connectivity index (χ1n) is 8.38. The number of sulfonamides is 1. The number of amides is 1. The Morgan fingerprint density at radius 3 is 2.33 bits per heavy atom. The monoisotopic (exact) mass is 348 g/mol. The van der Waals surface area contributed by atoms with E-state index in [1.807, 2.05) is 19.1 Å². The molecule has 2 saturated carbocycles. The van der Waals surface area contributed by atoms with Gasteiger partial charge in [0.25, 0.3) is 0 Å². The number of allylic oxidation sites excluding steroid dienone is 1. The lowest BCUT2D eigenvalue weighted by Gasteiger charge is -2.25. The molecule has 6 heteroatoms. The summed E-state index contributed by atoms with van der Waals surface area (Å²) in [6, 6.07) is 6.24. The Bertz CT molecular complexity index is 763. The molecule has 5 nitrogen and oxygen atoms in total. The van der Waals surface area contributed by atoms with Crippen molar-refractivity contribution in [1.29, 1.82) is 0 Å². The standard InChI is InChI=1S/C18H24N2O3S/c1-12(15-4-3-5-16(10-15)24(19,22)23)20(2)18(21)11-17(13-6-7-13)14-8-9-14/h3-5,10-14H,6-9H2,1-2H3,(H2,19,22,23)/t12-/m0/s1. The molecule has 3 rings (SSSR count). The lowest BCUT2D eigenvalue weighted by molar-refractivity contribution is -0.126. The summed E-state index contributed by atoms with van der Waals surface area (Å²) in [5.41, 5.74) is 2.07. The number of hydrogen-bond donors (Lipinski definition) is 1. The van der Waals surface area contributed by atoms with Crippen LogP contribution in [0.4, 0.5) is 0 Å². The molecule has 2 N–H and O–H groups in total. The smallest absolute Gasteiger partial charge is 0.246 e. The summed E-state index contributed by atoms with van der Waals surface area (Å²) in [4.78, 5) is 14.4. The van der Waals surface area contributed by atoms with Crippen LogP contribution in [-0.4, -0.2) is 26.3 Å². The van der Waals surface area contributed by atoms with E-state index in [-0.39, 0.29) is 16.8 Å². The highest BCUT2D eigenvalue weighted by atomic mass is 32.2. The van der Waals surface area contributed by atoms with Crippen molar-refractivity contribution >= 4 is 15.9 Å². The van der Waals surface area contributed by atoms with Crippen molar-refractivity contribution in [2.75, 3.05) is 7.05 Å². The maximum absolute atomic E-state index is 12.6. The van der Waals surface area contributed by atoms with Crippen LogP contribution in [0.15, 0.2) is 40.8 Å². The van der Waals surface area contributed by atoms with Crippen LogP contribution in [-0.2, 0) is 14.8 Å². The third kappa shape index (κ3) is 3.87. The molecule has 0 aromatic heterocycles. The maximum atomic E-state index is 12.6. The molecule has 2 aliphatic carbocycles. The summed E-state index contributed by atoms with van der Waals surface area (Å²) >= 11 is 0. The zero-order valence-corrected chi connectivity index (χ0v) is 14.9. The molecule has 0 saturated heterocycles. The van der Waals surface area contributed by atoms with Crippen LogP contribution in [0.5, 0.6) is 0 Å². The Kier molecular flexibility index (Phi) is 4.53. The van der Waals surface area contributed by atoms with E-state index >= 15 is 0 Å². The molecule has 0 aliphatic heterocycles. The van der Waals surface area contributed by atoms with Crippen molar-refractivity contribution in [2.24, 2.45) is 17.0 Å². The molecule has 1 aromatic carbocycles. The largest absolute Gasteiger partial charge is 0.335 e. The molecular formula is C18H24N2O3S. The van der Waals surface area contributed by atoms with Gasteiger partial charge in [0.05, 0.1) is 10.9 Å². The molecule has 2 aliphatic rings. The lowest BCUT2D eigenvalue weighted by atomic mass is 10.0. The summed E-state index contributed by atoms with van der Waals surface area (Å²) < 4.78 is 23.0. The highest BCUT2D eigenvalue weighted by Gasteiger charge is 2.37. The topological polar surface area (TPSA) is 80.5 Å². The maximum Gasteiger partial charge on any atom is 0.246 e. The van der Waals surface area contributed by atoms with Crippen LogP contribution in [0.25, 0.3) is 0 Å². The van der Waals surface area contributed by atoms with Gasteiger partial charge in [-0.15, -0.1) is 0 Å². The van der Waals surface area contributed by atoms with Crippen molar-refractivity contribution in [3.8, 4) is 0 Å². The van der Waals surface area contributed by atoms with Crippen LogP contribution in [0.2, 0.25) is 0 Å². The first-order chi connectivity index (χ1) is 11.3.